The zero-order chi connectivity index (χ0) is 13.2. The third kappa shape index (κ3) is 5.80. The average molecular weight is 266 g/mol. The van der Waals surface area contributed by atoms with Crippen LogP contribution in [0.2, 0.25) is 0 Å². The van der Waals surface area contributed by atoms with Crippen molar-refractivity contribution >= 4 is 21.8 Å². The van der Waals surface area contributed by atoms with Crippen molar-refractivity contribution in [2.75, 3.05) is 6.61 Å². The van der Waals surface area contributed by atoms with E-state index in [-0.39, 0.29) is 0 Å². The molecule has 18 heavy (non-hydrogen) atoms. The van der Waals surface area contributed by atoms with Crippen molar-refractivity contribution in [3.05, 3.63) is 48.5 Å². The van der Waals surface area contributed by atoms with Gasteiger partial charge in [-0.2, -0.15) is 0 Å². The van der Waals surface area contributed by atoms with Crippen molar-refractivity contribution in [1.82, 2.24) is 0 Å². The van der Waals surface area contributed by atoms with Gasteiger partial charge in [0, 0.05) is 0 Å². The van der Waals surface area contributed by atoms with Crippen LogP contribution in [0.15, 0.2) is 48.5 Å². The molecule has 0 N–H and O–H groups in total. The van der Waals surface area contributed by atoms with E-state index < -0.39 is 11.0 Å². The lowest BCUT2D eigenvalue weighted by Crippen LogP contribution is -1.89. The summed E-state index contributed by atoms with van der Waals surface area (Å²) in [5.41, 5.74) is 0. The van der Waals surface area contributed by atoms with E-state index in [0.717, 1.165) is 12.8 Å². The number of benzene rings is 2. The number of hydrogen-bond donors (Lipinski definition) is 1. The van der Waals surface area contributed by atoms with E-state index in [4.69, 9.17) is 0 Å². The first-order valence-electron chi connectivity index (χ1n) is 5.95. The maximum atomic E-state index is 9.69. The second kappa shape index (κ2) is 8.66. The van der Waals surface area contributed by atoms with E-state index in [0.29, 0.717) is 6.61 Å². The lowest BCUT2D eigenvalue weighted by molar-refractivity contribution is 0.325. The molecule has 0 saturated heterocycles. The van der Waals surface area contributed by atoms with Gasteiger partial charge < -0.3 is 0 Å². The first-order valence-corrected chi connectivity index (χ1v) is 7.04. The Morgan fingerprint density at radius 3 is 1.72 bits per heavy atom. The minimum Gasteiger partial charge on any atom is -0.272 e. The first-order chi connectivity index (χ1) is 8.74. The number of rotatable bonds is 4. The average Bonchev–Trinajstić information content (AvgIpc) is 2.40. The summed E-state index contributed by atoms with van der Waals surface area (Å²) in [6.07, 6.45) is 1.77. The molecule has 2 aromatic rings. The smallest absolute Gasteiger partial charge is 0.257 e. The number of fused-ring (bicyclic) bond motifs is 1. The van der Waals surface area contributed by atoms with Crippen molar-refractivity contribution in [3.63, 3.8) is 0 Å². The SMILES string of the molecule is CCCCO[SH](=O)=O.c1ccc2ccccc2c1. The fourth-order valence-corrected chi connectivity index (χ4v) is 1.69. The molecule has 0 bridgehead atoms. The molecule has 3 nitrogen and oxygen atoms in total. The summed E-state index contributed by atoms with van der Waals surface area (Å²) in [5.74, 6) is 0. The standard InChI is InChI=1S/C10H8.C4H10O3S/c1-2-6-10-8-4-3-7-9(10)5-1;1-2-3-4-7-8(5)6/h1-8H;8H,2-4H2,1H3. The Kier molecular flexibility index (Phi) is 7.06. The van der Waals surface area contributed by atoms with E-state index in [1.807, 2.05) is 6.92 Å². The third-order valence-corrected chi connectivity index (χ3v) is 2.75. The predicted octanol–water partition coefficient (Wildman–Crippen LogP) is 3.17. The number of unbranched alkanes of at least 4 members (excludes halogenated alkanes) is 1. The summed E-state index contributed by atoms with van der Waals surface area (Å²) < 4.78 is 23.6. The van der Waals surface area contributed by atoms with Gasteiger partial charge in [0.05, 0.1) is 6.61 Å². The molecule has 0 atom stereocenters. The van der Waals surface area contributed by atoms with Gasteiger partial charge in [-0.3, -0.25) is 4.18 Å². The zero-order valence-corrected chi connectivity index (χ0v) is 11.3. The number of thiol groups is 1. The minimum absolute atomic E-state index is 0.329. The molecule has 2 aromatic carbocycles. The third-order valence-electron chi connectivity index (χ3n) is 2.35. The summed E-state index contributed by atoms with van der Waals surface area (Å²) in [6, 6.07) is 16.7. The van der Waals surface area contributed by atoms with Gasteiger partial charge in [-0.1, -0.05) is 61.9 Å². The molecule has 0 unspecified atom stereocenters. The molecule has 2 rings (SSSR count). The van der Waals surface area contributed by atoms with Crippen LogP contribution in [-0.4, -0.2) is 15.0 Å². The van der Waals surface area contributed by atoms with Crippen molar-refractivity contribution in [2.45, 2.75) is 19.8 Å². The van der Waals surface area contributed by atoms with Gasteiger partial charge in [0.15, 0.2) is 0 Å². The summed E-state index contributed by atoms with van der Waals surface area (Å²) in [7, 11) is -2.61. The highest BCUT2D eigenvalue weighted by Crippen LogP contribution is 2.11. The summed E-state index contributed by atoms with van der Waals surface area (Å²) in [6.45, 7) is 2.30. The zero-order valence-electron chi connectivity index (χ0n) is 10.4. The van der Waals surface area contributed by atoms with Crippen LogP contribution in [0.25, 0.3) is 10.8 Å². The molecule has 98 valence electrons. The Labute approximate surface area is 110 Å². The quantitative estimate of drug-likeness (QED) is 0.683. The first kappa shape index (κ1) is 14.7. The second-order valence-corrected chi connectivity index (χ2v) is 4.46. The Bertz CT molecular complexity index is 462. The molecule has 0 saturated carbocycles. The van der Waals surface area contributed by atoms with Crippen LogP contribution in [-0.2, 0) is 15.2 Å². The van der Waals surface area contributed by atoms with Crippen LogP contribution in [0.5, 0.6) is 0 Å². The van der Waals surface area contributed by atoms with E-state index in [9.17, 15) is 8.42 Å². The van der Waals surface area contributed by atoms with Gasteiger partial charge in [0.2, 0.25) is 0 Å². The van der Waals surface area contributed by atoms with Crippen molar-refractivity contribution in [1.29, 1.82) is 0 Å². The van der Waals surface area contributed by atoms with Crippen molar-refractivity contribution in [2.24, 2.45) is 0 Å². The highest BCUT2D eigenvalue weighted by molar-refractivity contribution is 7.67. The van der Waals surface area contributed by atoms with E-state index in [1.54, 1.807) is 0 Å². The largest absolute Gasteiger partial charge is 0.272 e. The molecule has 4 heteroatoms. The van der Waals surface area contributed by atoms with Crippen LogP contribution in [0.4, 0.5) is 0 Å². The summed E-state index contributed by atoms with van der Waals surface area (Å²) in [4.78, 5) is 0. The lowest BCUT2D eigenvalue weighted by atomic mass is 10.1. The van der Waals surface area contributed by atoms with Crippen molar-refractivity contribution < 1.29 is 12.6 Å². The van der Waals surface area contributed by atoms with Gasteiger partial charge in [-0.05, 0) is 17.2 Å². The summed E-state index contributed by atoms with van der Waals surface area (Å²) in [5, 5.41) is 2.62. The Hall–Kier alpha value is -1.39. The molecule has 0 amide bonds. The van der Waals surface area contributed by atoms with Gasteiger partial charge in [-0.15, -0.1) is 0 Å². The summed E-state index contributed by atoms with van der Waals surface area (Å²) >= 11 is 0. The topological polar surface area (TPSA) is 43.4 Å². The molecule has 0 aliphatic carbocycles. The molecule has 0 aromatic heterocycles. The Morgan fingerprint density at radius 2 is 1.39 bits per heavy atom. The number of hydrogen-bond acceptors (Lipinski definition) is 3. The van der Waals surface area contributed by atoms with E-state index in [2.05, 4.69) is 52.7 Å². The van der Waals surface area contributed by atoms with Crippen LogP contribution in [0.1, 0.15) is 19.8 Å². The van der Waals surface area contributed by atoms with Gasteiger partial charge in [0.25, 0.3) is 11.0 Å². The molecule has 0 fully saturated rings. The molecule has 0 spiro atoms. The van der Waals surface area contributed by atoms with Crippen LogP contribution in [0, 0.1) is 0 Å². The highest BCUT2D eigenvalue weighted by Gasteiger charge is 1.85. The van der Waals surface area contributed by atoms with E-state index >= 15 is 0 Å². The molecule has 0 heterocycles. The Morgan fingerprint density at radius 1 is 0.944 bits per heavy atom. The van der Waals surface area contributed by atoms with E-state index in [1.165, 1.54) is 10.8 Å². The maximum Gasteiger partial charge on any atom is 0.257 e. The predicted molar refractivity (Wildman–Crippen MR) is 75.1 cm³/mol. The molecular weight excluding hydrogens is 248 g/mol. The fourth-order valence-electron chi connectivity index (χ4n) is 1.42. The lowest BCUT2D eigenvalue weighted by Gasteiger charge is -1.92. The molecule has 0 aliphatic rings. The normalized spacial score (nSPS) is 10.1. The maximum absolute atomic E-state index is 9.69. The van der Waals surface area contributed by atoms with Crippen molar-refractivity contribution in [3.8, 4) is 0 Å². The highest BCUT2D eigenvalue weighted by atomic mass is 32.2. The minimum atomic E-state index is -2.61. The second-order valence-electron chi connectivity index (χ2n) is 3.76. The van der Waals surface area contributed by atoms with Crippen LogP contribution >= 0.6 is 0 Å². The molecule has 0 radical (unpaired) electrons. The van der Waals surface area contributed by atoms with Gasteiger partial charge in [-0.25, -0.2) is 8.42 Å². The molecular formula is C14H18O3S. The molecule has 0 aliphatic heterocycles. The van der Waals surface area contributed by atoms with Crippen LogP contribution in [0.3, 0.4) is 0 Å². The monoisotopic (exact) mass is 266 g/mol. The van der Waals surface area contributed by atoms with Gasteiger partial charge >= 0.3 is 0 Å². The Balaban J connectivity index is 0.000000187. The van der Waals surface area contributed by atoms with Gasteiger partial charge in [0.1, 0.15) is 0 Å². The fraction of sp³-hybridized carbons (Fsp3) is 0.286. The van der Waals surface area contributed by atoms with Crippen LogP contribution < -0.4 is 0 Å².